The first kappa shape index (κ1) is 37.9. The number of carbonyl (C=O) groups excluding carboxylic acids is 2. The number of aromatic nitrogens is 4. The fourth-order valence-electron chi connectivity index (χ4n) is 8.27. The van der Waals surface area contributed by atoms with E-state index in [0.29, 0.717) is 13.1 Å². The van der Waals surface area contributed by atoms with Crippen molar-refractivity contribution in [2.24, 2.45) is 16.8 Å². The summed E-state index contributed by atoms with van der Waals surface area (Å²) in [7, 11) is 0. The predicted octanol–water partition coefficient (Wildman–Crippen LogP) is 5.99. The molecule has 0 saturated carbocycles. The van der Waals surface area contributed by atoms with Crippen LogP contribution in [0.25, 0.3) is 33.6 Å². The monoisotopic (exact) mass is 759 g/mol. The molecular formula is C43H53N9O4. The van der Waals surface area contributed by atoms with Gasteiger partial charge in [-0.25, -0.2) is 9.97 Å². The van der Waals surface area contributed by atoms with Gasteiger partial charge in [-0.05, 0) is 65.8 Å². The Bertz CT molecular complexity index is 2030. The molecule has 2 aromatic carbocycles. The van der Waals surface area contributed by atoms with Crippen LogP contribution in [-0.4, -0.2) is 98.7 Å². The van der Waals surface area contributed by atoms with Crippen LogP contribution in [0, 0.1) is 11.8 Å². The number of amides is 2. The lowest BCUT2D eigenvalue weighted by atomic mass is 10.0. The molecule has 2 amide bonds. The molecule has 5 atom stereocenters. The third-order valence-corrected chi connectivity index (χ3v) is 11.5. The number of carbonyl (C=O) groups is 2. The van der Waals surface area contributed by atoms with Gasteiger partial charge >= 0.3 is 0 Å². The SMILES string of the molecule is CC(C)[C@H](NC1C=CC=NC1)C(=O)N1CCC[C@H]1c1ncc(-c2ccc(-c3ccc(-c4cnc([C@@H]5CCCN5C(=O)[C@@H](NC5OCO5)C(C)C)[nH]4)cc3)cc2)[nH]1. The molecule has 3 saturated heterocycles. The van der Waals surface area contributed by atoms with Gasteiger partial charge in [0.15, 0.2) is 6.79 Å². The molecule has 13 heteroatoms. The van der Waals surface area contributed by atoms with Crippen molar-refractivity contribution in [1.29, 1.82) is 0 Å². The van der Waals surface area contributed by atoms with Gasteiger partial charge in [-0.15, -0.1) is 0 Å². The van der Waals surface area contributed by atoms with Crippen LogP contribution in [0.3, 0.4) is 0 Å². The highest BCUT2D eigenvalue weighted by Gasteiger charge is 2.39. The summed E-state index contributed by atoms with van der Waals surface area (Å²) in [5.41, 5.74) is 6.13. The Balaban J connectivity index is 0.904. The van der Waals surface area contributed by atoms with Crippen LogP contribution in [0.4, 0.5) is 0 Å². The molecule has 0 spiro atoms. The molecule has 4 aliphatic rings. The van der Waals surface area contributed by atoms with Gasteiger partial charge in [-0.3, -0.25) is 25.2 Å². The number of rotatable bonds is 13. The maximum Gasteiger partial charge on any atom is 0.240 e. The number of nitrogens with one attached hydrogen (secondary N) is 4. The lowest BCUT2D eigenvalue weighted by Gasteiger charge is -2.35. The summed E-state index contributed by atoms with van der Waals surface area (Å²) in [5, 5.41) is 6.75. The van der Waals surface area contributed by atoms with Gasteiger partial charge in [0.1, 0.15) is 11.6 Å². The van der Waals surface area contributed by atoms with E-state index in [1.807, 2.05) is 42.1 Å². The van der Waals surface area contributed by atoms with Crippen LogP contribution >= 0.6 is 0 Å². The first-order valence-electron chi connectivity index (χ1n) is 20.1. The standard InChI is InChI=1S/C43H53N9O4/c1-26(2)37(47-32-8-5-19-44-22-32)41(53)51-20-6-9-35(51)39-45-23-33(48-39)30-15-11-28(12-16-30)29-13-17-31(18-14-29)34-24-46-40(49-34)36-10-7-21-52(36)42(54)38(27(3)4)50-43-55-25-56-43/h5,8,11-19,23-24,26-27,32,35-38,43,47,50H,6-7,9-10,20-22,25H2,1-4H3,(H,45,48)(H,46,49)/t32?,35-,36-,37-,38-/m0/s1. The fourth-order valence-corrected chi connectivity index (χ4v) is 8.27. The Morgan fingerprint density at radius 1 is 0.714 bits per heavy atom. The van der Waals surface area contributed by atoms with Crippen LogP contribution in [0.2, 0.25) is 0 Å². The zero-order valence-electron chi connectivity index (χ0n) is 32.7. The van der Waals surface area contributed by atoms with E-state index in [0.717, 1.165) is 77.5 Å². The van der Waals surface area contributed by atoms with Crippen molar-refractivity contribution in [3.05, 3.63) is 84.7 Å². The number of aromatic amines is 2. The number of hydrogen-bond acceptors (Lipinski definition) is 9. The third-order valence-electron chi connectivity index (χ3n) is 11.5. The number of H-pyrrole nitrogens is 2. The Morgan fingerprint density at radius 3 is 1.62 bits per heavy atom. The van der Waals surface area contributed by atoms with Crippen LogP contribution in [0.15, 0.2) is 78.1 Å². The van der Waals surface area contributed by atoms with E-state index in [9.17, 15) is 9.59 Å². The van der Waals surface area contributed by atoms with Gasteiger partial charge in [0, 0.05) is 25.3 Å². The van der Waals surface area contributed by atoms with Gasteiger partial charge < -0.3 is 29.2 Å². The fraction of sp³-hybridized carbons (Fsp3) is 0.465. The molecule has 13 nitrogen and oxygen atoms in total. The van der Waals surface area contributed by atoms with E-state index >= 15 is 0 Å². The maximum atomic E-state index is 13.9. The maximum absolute atomic E-state index is 13.9. The second kappa shape index (κ2) is 16.6. The molecule has 4 aliphatic heterocycles. The summed E-state index contributed by atoms with van der Waals surface area (Å²) < 4.78 is 10.7. The Kier molecular flexibility index (Phi) is 11.3. The van der Waals surface area contributed by atoms with E-state index < -0.39 is 12.5 Å². The molecule has 0 aliphatic carbocycles. The van der Waals surface area contributed by atoms with Gasteiger partial charge in [0.25, 0.3) is 0 Å². The van der Waals surface area contributed by atoms with Crippen molar-refractivity contribution in [3.63, 3.8) is 0 Å². The van der Waals surface area contributed by atoms with Crippen molar-refractivity contribution in [1.82, 2.24) is 40.4 Å². The summed E-state index contributed by atoms with van der Waals surface area (Å²) in [6.07, 6.45) is 12.6. The molecule has 4 aromatic rings. The molecule has 6 heterocycles. The number of dihydropyridines is 1. The minimum Gasteiger partial charge on any atom is -0.340 e. The molecule has 0 radical (unpaired) electrons. The highest BCUT2D eigenvalue weighted by molar-refractivity contribution is 5.84. The van der Waals surface area contributed by atoms with Crippen LogP contribution in [0.5, 0.6) is 0 Å². The number of allylic oxidation sites excluding steroid dienone is 1. The summed E-state index contributed by atoms with van der Waals surface area (Å²) in [5.74, 6) is 2.02. The zero-order chi connectivity index (χ0) is 38.8. The minimum absolute atomic E-state index is 0.0439. The number of imidazole rings is 2. The van der Waals surface area contributed by atoms with E-state index in [4.69, 9.17) is 19.4 Å². The van der Waals surface area contributed by atoms with Crippen molar-refractivity contribution in [3.8, 4) is 33.6 Å². The number of benzene rings is 2. The van der Waals surface area contributed by atoms with Gasteiger partial charge in [-0.1, -0.05) is 82.3 Å². The number of likely N-dealkylation sites (tertiary alicyclic amines) is 2. The van der Waals surface area contributed by atoms with Crippen LogP contribution in [0.1, 0.15) is 77.1 Å². The van der Waals surface area contributed by atoms with E-state index in [2.05, 4.69) is 94.0 Å². The molecule has 56 heavy (non-hydrogen) atoms. The van der Waals surface area contributed by atoms with Crippen LogP contribution in [-0.2, 0) is 19.1 Å². The Hall–Kier alpha value is -4.95. The Labute approximate surface area is 328 Å². The normalized spacial score (nSPS) is 22.3. The largest absolute Gasteiger partial charge is 0.340 e. The highest BCUT2D eigenvalue weighted by atomic mass is 16.9. The number of aliphatic imine (C=N–C) groups is 1. The Morgan fingerprint density at radius 2 is 1.20 bits per heavy atom. The predicted molar refractivity (Wildman–Crippen MR) is 215 cm³/mol. The summed E-state index contributed by atoms with van der Waals surface area (Å²) in [6.45, 7) is 10.6. The first-order chi connectivity index (χ1) is 27.2. The lowest BCUT2D eigenvalue weighted by molar-refractivity contribution is -0.335. The summed E-state index contributed by atoms with van der Waals surface area (Å²) in [4.78, 5) is 52.4. The topological polar surface area (TPSA) is 153 Å². The minimum atomic E-state index is -0.535. The van der Waals surface area contributed by atoms with Crippen LogP contribution < -0.4 is 10.6 Å². The summed E-state index contributed by atoms with van der Waals surface area (Å²) >= 11 is 0. The lowest BCUT2D eigenvalue weighted by Crippen LogP contribution is -2.56. The molecule has 4 N–H and O–H groups in total. The van der Waals surface area contributed by atoms with Gasteiger partial charge in [-0.2, -0.15) is 0 Å². The molecule has 0 bridgehead atoms. The zero-order valence-corrected chi connectivity index (χ0v) is 32.7. The van der Waals surface area contributed by atoms with E-state index in [1.54, 1.807) is 6.21 Å². The number of ether oxygens (including phenoxy) is 2. The summed E-state index contributed by atoms with van der Waals surface area (Å²) in [6, 6.07) is 16.1. The van der Waals surface area contributed by atoms with Crippen molar-refractivity contribution < 1.29 is 19.1 Å². The second-order valence-corrected chi connectivity index (χ2v) is 16.0. The van der Waals surface area contributed by atoms with Gasteiger partial charge in [0.05, 0.1) is 54.5 Å². The molecule has 2 aromatic heterocycles. The van der Waals surface area contributed by atoms with Crippen molar-refractivity contribution in [2.45, 2.75) is 90.0 Å². The van der Waals surface area contributed by atoms with E-state index in [1.165, 1.54) is 0 Å². The smallest absolute Gasteiger partial charge is 0.240 e. The molecule has 8 rings (SSSR count). The van der Waals surface area contributed by atoms with E-state index in [-0.39, 0.29) is 54.6 Å². The molecule has 1 unspecified atom stereocenters. The van der Waals surface area contributed by atoms with Crippen molar-refractivity contribution >= 4 is 18.0 Å². The first-order valence-corrected chi connectivity index (χ1v) is 20.1. The average Bonchev–Trinajstić information content (AvgIpc) is 4.03. The number of nitrogens with zero attached hydrogens (tertiary/aromatic N) is 5. The number of hydrogen-bond donors (Lipinski definition) is 4. The molecule has 294 valence electrons. The molecular weight excluding hydrogens is 707 g/mol. The quantitative estimate of drug-likeness (QED) is 0.130. The molecule has 3 fully saturated rings. The third kappa shape index (κ3) is 7.99. The second-order valence-electron chi connectivity index (χ2n) is 16.0. The van der Waals surface area contributed by atoms with Gasteiger partial charge in [0.2, 0.25) is 18.2 Å². The highest BCUT2D eigenvalue weighted by Crippen LogP contribution is 2.35. The average molecular weight is 760 g/mol. The van der Waals surface area contributed by atoms with Crippen molar-refractivity contribution in [2.75, 3.05) is 26.4 Å².